The number of ether oxygens (including phenoxy) is 1. The van der Waals surface area contributed by atoms with E-state index in [4.69, 9.17) is 4.74 Å². The second-order valence-electron chi connectivity index (χ2n) is 8.96. The van der Waals surface area contributed by atoms with E-state index in [1.165, 1.54) is 0 Å². The van der Waals surface area contributed by atoms with Crippen LogP contribution in [0.4, 0.5) is 5.69 Å². The third-order valence-corrected chi connectivity index (χ3v) is 6.85. The van der Waals surface area contributed by atoms with Crippen LogP contribution in [0.1, 0.15) is 12.5 Å². The summed E-state index contributed by atoms with van der Waals surface area (Å²) in [5.74, 6) is 0.316. The van der Waals surface area contributed by atoms with E-state index in [1.807, 2.05) is 110 Å². The average Bonchev–Trinajstić information content (AvgIpc) is 3.37. The summed E-state index contributed by atoms with van der Waals surface area (Å²) < 4.78 is 8.74. The lowest BCUT2D eigenvalue weighted by atomic mass is 10.0. The molecule has 5 rings (SSSR count). The molecule has 1 amide bonds. The molecule has 1 heterocycles. The molecule has 0 aliphatic rings. The van der Waals surface area contributed by atoms with Crippen LogP contribution in [-0.4, -0.2) is 17.1 Å². The van der Waals surface area contributed by atoms with Crippen LogP contribution < -0.4 is 10.1 Å². The number of nitriles is 1. The van der Waals surface area contributed by atoms with Crippen LogP contribution in [0.25, 0.3) is 34.3 Å². The predicted molar refractivity (Wildman–Crippen MR) is 164 cm³/mol. The van der Waals surface area contributed by atoms with E-state index in [9.17, 15) is 10.1 Å². The van der Waals surface area contributed by atoms with Crippen molar-refractivity contribution in [1.82, 2.24) is 4.57 Å². The first-order valence-electron chi connectivity index (χ1n) is 12.9. The lowest BCUT2D eigenvalue weighted by Crippen LogP contribution is -2.13. The van der Waals surface area contributed by atoms with Crippen molar-refractivity contribution < 1.29 is 9.53 Å². The van der Waals surface area contributed by atoms with Crippen LogP contribution in [0.2, 0.25) is 0 Å². The smallest absolute Gasteiger partial charge is 0.266 e. The summed E-state index contributed by atoms with van der Waals surface area (Å²) in [7, 11) is 0. The van der Waals surface area contributed by atoms with Crippen molar-refractivity contribution in [1.29, 1.82) is 5.26 Å². The number of benzene rings is 4. The van der Waals surface area contributed by atoms with E-state index in [-0.39, 0.29) is 5.57 Å². The Hall–Kier alpha value is -4.86. The van der Waals surface area contributed by atoms with Crippen molar-refractivity contribution in [3.63, 3.8) is 0 Å². The van der Waals surface area contributed by atoms with E-state index in [0.717, 1.165) is 44.0 Å². The number of rotatable bonds is 8. The Kier molecular flexibility index (Phi) is 8.24. The molecule has 196 valence electrons. The minimum atomic E-state index is -0.473. The van der Waals surface area contributed by atoms with Crippen LogP contribution in [0.5, 0.6) is 5.75 Å². The number of nitrogens with one attached hydrogen (secondary N) is 1. The van der Waals surface area contributed by atoms with Gasteiger partial charge in [-0.15, -0.1) is 0 Å². The fraction of sp³-hybridized carbons (Fsp3) is 0.0588. The highest BCUT2D eigenvalue weighted by Gasteiger charge is 2.20. The molecule has 0 saturated heterocycles. The van der Waals surface area contributed by atoms with Gasteiger partial charge in [0.1, 0.15) is 17.4 Å². The molecule has 5 aromatic rings. The maximum Gasteiger partial charge on any atom is 0.266 e. The number of anilines is 1. The summed E-state index contributed by atoms with van der Waals surface area (Å²) >= 11 is 3.40. The highest BCUT2D eigenvalue weighted by Crippen LogP contribution is 2.37. The molecule has 1 N–H and O–H groups in total. The summed E-state index contributed by atoms with van der Waals surface area (Å²) in [5.41, 5.74) is 6.05. The van der Waals surface area contributed by atoms with Crippen LogP contribution in [0.3, 0.4) is 0 Å². The Bertz CT molecular complexity index is 1680. The van der Waals surface area contributed by atoms with E-state index < -0.39 is 5.91 Å². The Morgan fingerprint density at radius 2 is 1.52 bits per heavy atom. The fourth-order valence-electron chi connectivity index (χ4n) is 4.51. The van der Waals surface area contributed by atoms with Gasteiger partial charge < -0.3 is 14.6 Å². The number of carbonyl (C=O) groups excluding carboxylic acids is 1. The summed E-state index contributed by atoms with van der Waals surface area (Å²) in [5, 5.41) is 12.9. The molecule has 1 aromatic heterocycles. The van der Waals surface area contributed by atoms with Gasteiger partial charge in [-0.1, -0.05) is 76.6 Å². The molecular formula is C34H26BrN3O2. The molecule has 4 aromatic carbocycles. The minimum absolute atomic E-state index is 0.00329. The number of hydrogen-bond acceptors (Lipinski definition) is 3. The Labute approximate surface area is 242 Å². The maximum absolute atomic E-state index is 13.2. The lowest BCUT2D eigenvalue weighted by molar-refractivity contribution is -0.112. The molecule has 0 atom stereocenters. The normalized spacial score (nSPS) is 11.1. The fourth-order valence-corrected chi connectivity index (χ4v) is 4.78. The highest BCUT2D eigenvalue weighted by atomic mass is 79.9. The van der Waals surface area contributed by atoms with Gasteiger partial charge in [0.2, 0.25) is 0 Å². The monoisotopic (exact) mass is 587 g/mol. The molecule has 40 heavy (non-hydrogen) atoms. The first kappa shape index (κ1) is 26.7. The maximum atomic E-state index is 13.2. The van der Waals surface area contributed by atoms with Crippen molar-refractivity contribution >= 4 is 33.6 Å². The first-order valence-corrected chi connectivity index (χ1v) is 13.6. The van der Waals surface area contributed by atoms with Crippen molar-refractivity contribution in [2.75, 3.05) is 11.9 Å². The van der Waals surface area contributed by atoms with E-state index in [0.29, 0.717) is 12.3 Å². The average molecular weight is 589 g/mol. The Morgan fingerprint density at radius 3 is 2.12 bits per heavy atom. The number of halogens is 1. The second-order valence-corrected chi connectivity index (χ2v) is 9.87. The van der Waals surface area contributed by atoms with Crippen molar-refractivity contribution in [3.8, 4) is 40.0 Å². The standard InChI is InChI=1S/C34H26BrN3O2/c1-2-40-31-19-17-30(18-20-31)38-32(24-9-5-3-6-10-24)22-26(33(38)25-11-7-4-8-12-25)21-27(23-36)34(39)37-29-15-13-28(35)14-16-29/h3-22H,2H2,1H3,(H,37,39)/b27-21+. The summed E-state index contributed by atoms with van der Waals surface area (Å²) in [6.45, 7) is 2.54. The van der Waals surface area contributed by atoms with Crippen molar-refractivity contribution in [2.45, 2.75) is 6.92 Å². The summed E-state index contributed by atoms with van der Waals surface area (Å²) in [6.07, 6.45) is 1.66. The van der Waals surface area contributed by atoms with Gasteiger partial charge in [-0.2, -0.15) is 5.26 Å². The largest absolute Gasteiger partial charge is 0.494 e. The van der Waals surface area contributed by atoms with Crippen molar-refractivity contribution in [2.24, 2.45) is 0 Å². The highest BCUT2D eigenvalue weighted by molar-refractivity contribution is 9.10. The van der Waals surface area contributed by atoms with Gasteiger partial charge in [0.15, 0.2) is 0 Å². The number of hydrogen-bond donors (Lipinski definition) is 1. The van der Waals surface area contributed by atoms with Gasteiger partial charge in [-0.3, -0.25) is 4.79 Å². The number of carbonyl (C=O) groups is 1. The third kappa shape index (κ3) is 5.90. The van der Waals surface area contributed by atoms with Gasteiger partial charge in [0.05, 0.1) is 18.0 Å². The Balaban J connectivity index is 1.70. The van der Waals surface area contributed by atoms with E-state index in [2.05, 4.69) is 31.9 Å². The molecule has 0 aliphatic heterocycles. The molecule has 0 fully saturated rings. The van der Waals surface area contributed by atoms with Crippen LogP contribution >= 0.6 is 15.9 Å². The molecule has 0 radical (unpaired) electrons. The second kappa shape index (κ2) is 12.3. The topological polar surface area (TPSA) is 67.0 Å². The van der Waals surface area contributed by atoms with Crippen LogP contribution in [-0.2, 0) is 4.79 Å². The van der Waals surface area contributed by atoms with E-state index >= 15 is 0 Å². The van der Waals surface area contributed by atoms with E-state index in [1.54, 1.807) is 18.2 Å². The lowest BCUT2D eigenvalue weighted by Gasteiger charge is -2.16. The molecule has 0 unspecified atom stereocenters. The number of aromatic nitrogens is 1. The molecule has 0 aliphatic carbocycles. The molecule has 5 nitrogen and oxygen atoms in total. The molecule has 0 spiro atoms. The van der Waals surface area contributed by atoms with Gasteiger partial charge in [-0.05, 0) is 78.7 Å². The zero-order chi connectivity index (χ0) is 27.9. The zero-order valence-electron chi connectivity index (χ0n) is 21.8. The quantitative estimate of drug-likeness (QED) is 0.146. The van der Waals surface area contributed by atoms with Gasteiger partial charge in [0.25, 0.3) is 5.91 Å². The Morgan fingerprint density at radius 1 is 0.900 bits per heavy atom. The van der Waals surface area contributed by atoms with Crippen molar-refractivity contribution in [3.05, 3.63) is 131 Å². The molecular weight excluding hydrogens is 562 g/mol. The van der Waals surface area contributed by atoms with Crippen LogP contribution in [0.15, 0.2) is 125 Å². The van der Waals surface area contributed by atoms with Crippen LogP contribution in [0, 0.1) is 11.3 Å². The zero-order valence-corrected chi connectivity index (χ0v) is 23.4. The summed E-state index contributed by atoms with van der Waals surface area (Å²) in [4.78, 5) is 13.2. The van der Waals surface area contributed by atoms with Gasteiger partial charge >= 0.3 is 0 Å². The SMILES string of the molecule is CCOc1ccc(-n2c(-c3ccccc3)cc(/C=C(\C#N)C(=O)Nc3ccc(Br)cc3)c2-c2ccccc2)cc1. The predicted octanol–water partition coefficient (Wildman–Crippen LogP) is 8.52. The molecule has 6 heteroatoms. The number of nitrogens with zero attached hydrogens (tertiary/aromatic N) is 2. The van der Waals surface area contributed by atoms with Gasteiger partial charge in [-0.25, -0.2) is 0 Å². The number of amides is 1. The third-order valence-electron chi connectivity index (χ3n) is 6.32. The first-order chi connectivity index (χ1) is 19.6. The minimum Gasteiger partial charge on any atom is -0.494 e. The van der Waals surface area contributed by atoms with Gasteiger partial charge in [0, 0.05) is 21.4 Å². The molecule has 0 saturated carbocycles. The molecule has 0 bridgehead atoms. The summed E-state index contributed by atoms with van der Waals surface area (Å²) in [6, 6.07) is 39.3.